The highest BCUT2D eigenvalue weighted by molar-refractivity contribution is 7.92. The number of anilines is 1. The van der Waals surface area contributed by atoms with Crippen molar-refractivity contribution in [2.24, 2.45) is 5.92 Å². The Bertz CT molecular complexity index is 1160. The predicted molar refractivity (Wildman–Crippen MR) is 147 cm³/mol. The molecule has 2 aromatic rings. The highest BCUT2D eigenvalue weighted by atomic mass is 32.2. The Morgan fingerprint density at radius 3 is 2.49 bits per heavy atom. The Balaban J connectivity index is 1.52. The minimum absolute atomic E-state index is 0.0258. The molecule has 5 N–H and O–H groups in total. The molecule has 1 aliphatic carbocycles. The van der Waals surface area contributed by atoms with Crippen LogP contribution in [0.15, 0.2) is 42.5 Å². The maximum Gasteiger partial charge on any atom is 0.229 e. The molecular formula is C28H41N3O5S. The molecule has 0 saturated heterocycles. The number of β-amino-alcohol motifs (C(OH)–C–C–N with tert-alkyl or cyclic N) is 1. The van der Waals surface area contributed by atoms with Gasteiger partial charge in [-0.25, -0.2) is 8.42 Å². The molecule has 9 heteroatoms. The zero-order valence-electron chi connectivity index (χ0n) is 22.1. The van der Waals surface area contributed by atoms with Crippen LogP contribution in [-0.4, -0.2) is 49.4 Å². The van der Waals surface area contributed by atoms with Crippen LogP contribution in [0.3, 0.4) is 0 Å². The van der Waals surface area contributed by atoms with Gasteiger partial charge in [-0.15, -0.1) is 0 Å². The molecule has 3 rings (SSSR count). The van der Waals surface area contributed by atoms with Crippen LogP contribution in [0.25, 0.3) is 0 Å². The van der Waals surface area contributed by atoms with Gasteiger partial charge in [0.15, 0.2) is 0 Å². The number of phenolic OH excluding ortho intramolecular Hbond substituents is 1. The monoisotopic (exact) mass is 531 g/mol. The van der Waals surface area contributed by atoms with Crippen molar-refractivity contribution >= 4 is 21.6 Å². The lowest BCUT2D eigenvalue weighted by Gasteiger charge is -2.28. The van der Waals surface area contributed by atoms with Crippen LogP contribution in [-0.2, 0) is 27.7 Å². The number of carbonyl (C=O) groups excluding carboxylic acids is 1. The first kappa shape index (κ1) is 28.9. The summed E-state index contributed by atoms with van der Waals surface area (Å²) in [6.07, 6.45) is 7.39. The van der Waals surface area contributed by atoms with E-state index < -0.39 is 16.1 Å². The molecule has 1 fully saturated rings. The van der Waals surface area contributed by atoms with Gasteiger partial charge in [-0.1, -0.05) is 49.6 Å². The predicted octanol–water partition coefficient (Wildman–Crippen LogP) is 3.65. The Morgan fingerprint density at radius 2 is 1.78 bits per heavy atom. The van der Waals surface area contributed by atoms with Crippen molar-refractivity contribution in [2.45, 2.75) is 70.4 Å². The second-order valence-corrected chi connectivity index (χ2v) is 12.7. The summed E-state index contributed by atoms with van der Waals surface area (Å²) >= 11 is 0. The van der Waals surface area contributed by atoms with E-state index in [0.717, 1.165) is 23.9 Å². The molecule has 0 bridgehead atoms. The van der Waals surface area contributed by atoms with Gasteiger partial charge in [0.25, 0.3) is 0 Å². The number of benzene rings is 2. The fraction of sp³-hybridized carbons (Fsp3) is 0.536. The molecule has 0 spiro atoms. The average molecular weight is 532 g/mol. The van der Waals surface area contributed by atoms with Gasteiger partial charge in [-0.3, -0.25) is 9.52 Å². The third-order valence-corrected chi connectivity index (χ3v) is 7.38. The number of nitrogens with one attached hydrogen (secondary N) is 3. The van der Waals surface area contributed by atoms with Gasteiger partial charge >= 0.3 is 0 Å². The highest BCUT2D eigenvalue weighted by Crippen LogP contribution is 2.28. The minimum atomic E-state index is -3.56. The van der Waals surface area contributed by atoms with E-state index in [0.29, 0.717) is 24.3 Å². The van der Waals surface area contributed by atoms with Gasteiger partial charge in [-0.05, 0) is 67.9 Å². The van der Waals surface area contributed by atoms with Crippen molar-refractivity contribution in [1.82, 2.24) is 10.6 Å². The molecule has 1 saturated carbocycles. The Kier molecular flexibility index (Phi) is 9.98. The number of hydrogen-bond acceptors (Lipinski definition) is 6. The summed E-state index contributed by atoms with van der Waals surface area (Å²) < 4.78 is 25.3. The lowest BCUT2D eigenvalue weighted by Crippen LogP contribution is -2.43. The molecule has 8 nitrogen and oxygen atoms in total. The summed E-state index contributed by atoms with van der Waals surface area (Å²) in [5, 5.41) is 27.1. The maximum atomic E-state index is 12.5. The van der Waals surface area contributed by atoms with E-state index in [4.69, 9.17) is 0 Å². The van der Waals surface area contributed by atoms with E-state index >= 15 is 0 Å². The van der Waals surface area contributed by atoms with Gasteiger partial charge in [-0.2, -0.15) is 0 Å². The second kappa shape index (κ2) is 12.8. The van der Waals surface area contributed by atoms with Gasteiger partial charge < -0.3 is 20.8 Å². The molecule has 1 aliphatic rings. The molecular weight excluding hydrogens is 490 g/mol. The first-order valence-electron chi connectivity index (χ1n) is 13.0. The number of phenols is 1. The van der Waals surface area contributed by atoms with Gasteiger partial charge in [0.05, 0.1) is 24.5 Å². The Hall–Kier alpha value is -2.62. The number of hydrogen-bond donors (Lipinski definition) is 5. The van der Waals surface area contributed by atoms with Crippen molar-refractivity contribution in [3.05, 3.63) is 59.2 Å². The zero-order valence-corrected chi connectivity index (χ0v) is 22.9. The molecule has 1 atom stereocenters. The number of sulfonamides is 1. The lowest BCUT2D eigenvalue weighted by atomic mass is 9.89. The highest BCUT2D eigenvalue weighted by Gasteiger charge is 2.21. The first-order valence-corrected chi connectivity index (χ1v) is 14.9. The zero-order chi connectivity index (χ0) is 27.1. The topological polar surface area (TPSA) is 128 Å². The van der Waals surface area contributed by atoms with Crippen LogP contribution in [0.1, 0.15) is 68.7 Å². The largest absolute Gasteiger partial charge is 0.506 e. The van der Waals surface area contributed by atoms with Crippen LogP contribution in [0.4, 0.5) is 5.69 Å². The SMILES string of the molecule is CC(C)(Cc1cccc(CC(=O)NCC2CCCCC2)c1)NC[C@H](O)c1ccc(O)c(NS(C)(=O)=O)c1. The summed E-state index contributed by atoms with van der Waals surface area (Å²) in [5.74, 6) is 0.453. The van der Waals surface area contributed by atoms with Crippen molar-refractivity contribution in [1.29, 1.82) is 0 Å². The normalized spacial score (nSPS) is 15.8. The third kappa shape index (κ3) is 9.98. The van der Waals surface area contributed by atoms with Crippen LogP contribution >= 0.6 is 0 Å². The molecule has 0 radical (unpaired) electrons. The molecule has 0 aromatic heterocycles. The molecule has 2 aromatic carbocycles. The summed E-state index contributed by atoms with van der Waals surface area (Å²) in [6.45, 7) is 5.08. The maximum absolute atomic E-state index is 12.5. The van der Waals surface area contributed by atoms with Crippen LogP contribution in [0.2, 0.25) is 0 Å². The quantitative estimate of drug-likeness (QED) is 0.266. The van der Waals surface area contributed by atoms with Crippen molar-refractivity contribution < 1.29 is 23.4 Å². The van der Waals surface area contributed by atoms with E-state index in [1.807, 2.05) is 32.0 Å². The smallest absolute Gasteiger partial charge is 0.229 e. The number of aliphatic hydroxyl groups excluding tert-OH is 1. The van der Waals surface area contributed by atoms with Crippen molar-refractivity contribution in [3.63, 3.8) is 0 Å². The molecule has 0 heterocycles. The number of carbonyl (C=O) groups is 1. The van der Waals surface area contributed by atoms with Crippen LogP contribution < -0.4 is 15.4 Å². The minimum Gasteiger partial charge on any atom is -0.506 e. The van der Waals surface area contributed by atoms with E-state index in [1.54, 1.807) is 6.07 Å². The standard InChI is InChI=1S/C28H41N3O5S/c1-28(2,30-19-26(33)23-12-13-25(32)24(16-23)31-37(3,35)36)17-22-11-7-10-21(14-22)15-27(34)29-18-20-8-5-4-6-9-20/h7,10-14,16,20,26,30-33H,4-6,8-9,15,17-19H2,1-3H3,(H,29,34)/t26-/m0/s1. The number of rotatable bonds is 12. The summed E-state index contributed by atoms with van der Waals surface area (Å²) in [4.78, 5) is 12.5. The van der Waals surface area contributed by atoms with E-state index in [1.165, 1.54) is 44.2 Å². The van der Waals surface area contributed by atoms with Crippen LogP contribution in [0, 0.1) is 5.92 Å². The average Bonchev–Trinajstić information content (AvgIpc) is 2.82. The Labute approximate surface area is 220 Å². The molecule has 37 heavy (non-hydrogen) atoms. The summed E-state index contributed by atoms with van der Waals surface area (Å²) in [7, 11) is -3.56. The summed E-state index contributed by atoms with van der Waals surface area (Å²) in [5.41, 5.74) is 2.22. The number of aromatic hydroxyl groups is 1. The lowest BCUT2D eigenvalue weighted by molar-refractivity contribution is -0.120. The molecule has 204 valence electrons. The van der Waals surface area contributed by atoms with E-state index in [2.05, 4.69) is 21.4 Å². The first-order chi connectivity index (χ1) is 17.4. The van der Waals surface area contributed by atoms with Gasteiger partial charge in [0.2, 0.25) is 15.9 Å². The van der Waals surface area contributed by atoms with Crippen LogP contribution in [0.5, 0.6) is 5.75 Å². The number of aliphatic hydroxyl groups is 1. The molecule has 0 unspecified atom stereocenters. The van der Waals surface area contributed by atoms with Crippen molar-refractivity contribution in [3.8, 4) is 5.75 Å². The molecule has 1 amide bonds. The second-order valence-electron chi connectivity index (χ2n) is 10.9. The fourth-order valence-corrected chi connectivity index (χ4v) is 5.42. The van der Waals surface area contributed by atoms with Crippen molar-refractivity contribution in [2.75, 3.05) is 24.1 Å². The van der Waals surface area contributed by atoms with E-state index in [9.17, 15) is 23.4 Å². The Morgan fingerprint density at radius 1 is 1.08 bits per heavy atom. The molecule has 0 aliphatic heterocycles. The van der Waals surface area contributed by atoms with Gasteiger partial charge in [0.1, 0.15) is 5.75 Å². The third-order valence-electron chi connectivity index (χ3n) is 6.79. The van der Waals surface area contributed by atoms with Gasteiger partial charge in [0, 0.05) is 18.6 Å². The van der Waals surface area contributed by atoms with E-state index in [-0.39, 0.29) is 29.4 Å². The summed E-state index contributed by atoms with van der Waals surface area (Å²) in [6, 6.07) is 12.4. The fourth-order valence-electron chi connectivity index (χ4n) is 4.85. The number of amides is 1.